The van der Waals surface area contributed by atoms with Gasteiger partial charge in [0.05, 0.1) is 22.7 Å². The highest BCUT2D eigenvalue weighted by molar-refractivity contribution is 7.89. The zero-order valence-electron chi connectivity index (χ0n) is 13.0. The quantitative estimate of drug-likeness (QED) is 0.852. The molecule has 24 heavy (non-hydrogen) atoms. The molecule has 2 aromatic rings. The van der Waals surface area contributed by atoms with E-state index in [9.17, 15) is 18.0 Å². The number of hydrogen-bond acceptors (Lipinski definition) is 4. The van der Waals surface area contributed by atoms with Gasteiger partial charge in [0.2, 0.25) is 10.0 Å². The van der Waals surface area contributed by atoms with E-state index < -0.39 is 21.7 Å². The summed E-state index contributed by atoms with van der Waals surface area (Å²) in [6.07, 6.45) is 0.917. The lowest BCUT2D eigenvalue weighted by Gasteiger charge is -2.17. The van der Waals surface area contributed by atoms with Crippen LogP contribution in [0.25, 0.3) is 0 Å². The Labute approximate surface area is 139 Å². The van der Waals surface area contributed by atoms with Crippen molar-refractivity contribution in [1.29, 1.82) is 0 Å². The Morgan fingerprint density at radius 2 is 1.62 bits per heavy atom. The molecule has 1 aliphatic rings. The van der Waals surface area contributed by atoms with Crippen molar-refractivity contribution in [2.45, 2.75) is 24.8 Å². The van der Waals surface area contributed by atoms with Crippen molar-refractivity contribution in [2.24, 2.45) is 5.14 Å². The summed E-state index contributed by atoms with van der Waals surface area (Å²) in [7, 11) is -3.93. The Balaban J connectivity index is 1.97. The van der Waals surface area contributed by atoms with E-state index in [1.807, 2.05) is 24.3 Å². The number of anilines is 1. The number of carbonyl (C=O) groups excluding carboxylic acids is 2. The lowest BCUT2D eigenvalue weighted by Crippen LogP contribution is -2.29. The van der Waals surface area contributed by atoms with Crippen LogP contribution >= 0.6 is 0 Å². The highest BCUT2D eigenvalue weighted by Crippen LogP contribution is 2.32. The van der Waals surface area contributed by atoms with Crippen LogP contribution in [0.4, 0.5) is 5.69 Å². The van der Waals surface area contributed by atoms with Crippen molar-refractivity contribution in [2.75, 3.05) is 4.90 Å². The van der Waals surface area contributed by atoms with Crippen molar-refractivity contribution in [3.8, 4) is 0 Å². The van der Waals surface area contributed by atoms with E-state index in [0.29, 0.717) is 5.69 Å². The molecule has 0 saturated heterocycles. The van der Waals surface area contributed by atoms with Gasteiger partial charge in [0.25, 0.3) is 11.7 Å². The van der Waals surface area contributed by atoms with Crippen LogP contribution in [0.15, 0.2) is 47.4 Å². The van der Waals surface area contributed by atoms with E-state index in [2.05, 4.69) is 6.92 Å². The standard InChI is InChI=1S/C17H16N2O4S/c1-2-11-3-5-12(6-4-11)10-19-15-8-7-13(24(18,22)23)9-14(15)16(20)17(19)21/h3-9H,2,10H2,1H3,(H2,18,22,23). The van der Waals surface area contributed by atoms with Gasteiger partial charge in [0, 0.05) is 0 Å². The molecule has 124 valence electrons. The first-order chi connectivity index (χ1) is 11.3. The van der Waals surface area contributed by atoms with Gasteiger partial charge in [0.1, 0.15) is 0 Å². The summed E-state index contributed by atoms with van der Waals surface area (Å²) in [5, 5.41) is 5.08. The molecule has 0 bridgehead atoms. The molecule has 7 heteroatoms. The number of Topliss-reactive ketones (excluding diaryl/α,β-unsaturated/α-hetero) is 1. The SMILES string of the molecule is CCc1ccc(CN2C(=O)C(=O)c3cc(S(N)(=O)=O)ccc32)cc1. The first-order valence-electron chi connectivity index (χ1n) is 7.42. The summed E-state index contributed by atoms with van der Waals surface area (Å²) in [4.78, 5) is 25.6. The summed E-state index contributed by atoms with van der Waals surface area (Å²) in [6.45, 7) is 2.30. The number of hydrogen-bond donors (Lipinski definition) is 1. The van der Waals surface area contributed by atoms with Crippen molar-refractivity contribution in [3.05, 3.63) is 59.2 Å². The normalized spacial score (nSPS) is 14.2. The topological polar surface area (TPSA) is 97.5 Å². The first kappa shape index (κ1) is 16.4. The van der Waals surface area contributed by atoms with Gasteiger partial charge in [-0.15, -0.1) is 0 Å². The smallest absolute Gasteiger partial charge is 0.299 e. The van der Waals surface area contributed by atoms with E-state index in [1.165, 1.54) is 22.6 Å². The highest BCUT2D eigenvalue weighted by atomic mass is 32.2. The van der Waals surface area contributed by atoms with E-state index in [-0.39, 0.29) is 17.0 Å². The minimum absolute atomic E-state index is 0.0664. The zero-order chi connectivity index (χ0) is 17.5. The highest BCUT2D eigenvalue weighted by Gasteiger charge is 2.36. The van der Waals surface area contributed by atoms with Gasteiger partial charge in [-0.05, 0) is 35.7 Å². The minimum atomic E-state index is -3.93. The average molecular weight is 344 g/mol. The number of benzene rings is 2. The number of fused-ring (bicyclic) bond motifs is 1. The summed E-state index contributed by atoms with van der Waals surface area (Å²) in [5.41, 5.74) is 2.53. The maximum Gasteiger partial charge on any atom is 0.299 e. The lowest BCUT2D eigenvalue weighted by atomic mass is 10.1. The van der Waals surface area contributed by atoms with E-state index in [1.54, 1.807) is 0 Å². The van der Waals surface area contributed by atoms with Gasteiger partial charge < -0.3 is 4.90 Å². The van der Waals surface area contributed by atoms with Crippen molar-refractivity contribution < 1.29 is 18.0 Å². The first-order valence-corrected chi connectivity index (χ1v) is 8.96. The summed E-state index contributed by atoms with van der Waals surface area (Å²) in [6, 6.07) is 11.7. The number of ketones is 1. The number of carbonyl (C=O) groups is 2. The number of nitrogens with zero attached hydrogens (tertiary/aromatic N) is 1. The van der Waals surface area contributed by atoms with Crippen LogP contribution in [0.2, 0.25) is 0 Å². The van der Waals surface area contributed by atoms with Gasteiger partial charge in [0.15, 0.2) is 0 Å². The van der Waals surface area contributed by atoms with E-state index >= 15 is 0 Å². The molecule has 0 fully saturated rings. The minimum Gasteiger partial charge on any atom is -0.300 e. The fraction of sp³-hybridized carbons (Fsp3) is 0.176. The number of primary sulfonamides is 1. The fourth-order valence-electron chi connectivity index (χ4n) is 2.68. The molecule has 1 amide bonds. The second-order valence-corrected chi connectivity index (χ2v) is 7.18. The fourth-order valence-corrected chi connectivity index (χ4v) is 3.22. The average Bonchev–Trinajstić information content (AvgIpc) is 2.79. The molecule has 0 atom stereocenters. The number of rotatable bonds is 4. The molecule has 0 unspecified atom stereocenters. The molecule has 0 aromatic heterocycles. The number of nitrogens with two attached hydrogens (primary N) is 1. The Kier molecular flexibility index (Phi) is 3.98. The molecule has 0 radical (unpaired) electrons. The molecular weight excluding hydrogens is 328 g/mol. The van der Waals surface area contributed by atoms with Crippen LogP contribution in [0, 0.1) is 0 Å². The third-order valence-corrected chi connectivity index (χ3v) is 4.95. The molecule has 6 nitrogen and oxygen atoms in total. The molecule has 2 aromatic carbocycles. The third kappa shape index (κ3) is 2.83. The van der Waals surface area contributed by atoms with Crippen LogP contribution in [0.5, 0.6) is 0 Å². The zero-order valence-corrected chi connectivity index (χ0v) is 13.8. The summed E-state index contributed by atoms with van der Waals surface area (Å²) < 4.78 is 22.8. The van der Waals surface area contributed by atoms with E-state index in [0.717, 1.165) is 18.1 Å². The Hall–Kier alpha value is -2.51. The maximum absolute atomic E-state index is 12.2. The van der Waals surface area contributed by atoms with Crippen LogP contribution in [0.3, 0.4) is 0 Å². The van der Waals surface area contributed by atoms with Gasteiger partial charge in [-0.1, -0.05) is 31.2 Å². The summed E-state index contributed by atoms with van der Waals surface area (Å²) in [5.74, 6) is -1.39. The molecule has 0 saturated carbocycles. The molecule has 0 spiro atoms. The maximum atomic E-state index is 12.2. The van der Waals surface area contributed by atoms with Crippen LogP contribution in [0.1, 0.15) is 28.4 Å². The summed E-state index contributed by atoms with van der Waals surface area (Å²) >= 11 is 0. The third-order valence-electron chi connectivity index (χ3n) is 4.04. The van der Waals surface area contributed by atoms with Gasteiger partial charge in [-0.25, -0.2) is 13.6 Å². The van der Waals surface area contributed by atoms with Crippen molar-refractivity contribution >= 4 is 27.4 Å². The Bertz CT molecular complexity index is 934. The lowest BCUT2D eigenvalue weighted by molar-refractivity contribution is -0.114. The van der Waals surface area contributed by atoms with E-state index in [4.69, 9.17) is 5.14 Å². The second kappa shape index (κ2) is 5.85. The van der Waals surface area contributed by atoms with Gasteiger partial charge in [-0.3, -0.25) is 9.59 Å². The largest absolute Gasteiger partial charge is 0.300 e. The predicted molar refractivity (Wildman–Crippen MR) is 89.2 cm³/mol. The van der Waals surface area contributed by atoms with Crippen LogP contribution in [-0.4, -0.2) is 20.1 Å². The van der Waals surface area contributed by atoms with Crippen LogP contribution in [-0.2, 0) is 27.8 Å². The van der Waals surface area contributed by atoms with Gasteiger partial charge in [-0.2, -0.15) is 0 Å². The van der Waals surface area contributed by atoms with Gasteiger partial charge >= 0.3 is 0 Å². The molecule has 3 rings (SSSR count). The van der Waals surface area contributed by atoms with Crippen molar-refractivity contribution in [1.82, 2.24) is 0 Å². The molecular formula is C17H16N2O4S. The number of aryl methyl sites for hydroxylation is 1. The molecule has 1 heterocycles. The Morgan fingerprint density at radius 3 is 2.21 bits per heavy atom. The molecule has 0 aliphatic carbocycles. The Morgan fingerprint density at radius 1 is 1.00 bits per heavy atom. The number of amides is 1. The molecule has 2 N–H and O–H groups in total. The molecule has 1 aliphatic heterocycles. The van der Waals surface area contributed by atoms with Crippen LogP contribution < -0.4 is 10.0 Å². The predicted octanol–water partition coefficient (Wildman–Crippen LogP) is 1.63. The number of sulfonamides is 1. The second-order valence-electron chi connectivity index (χ2n) is 5.61. The monoisotopic (exact) mass is 344 g/mol. The van der Waals surface area contributed by atoms with Crippen molar-refractivity contribution in [3.63, 3.8) is 0 Å².